The third-order valence-electron chi connectivity index (χ3n) is 3.81. The number of hydrogen-bond donors (Lipinski definition) is 2. The van der Waals surface area contributed by atoms with Gasteiger partial charge in [-0.05, 0) is 18.6 Å². The van der Waals surface area contributed by atoms with E-state index in [9.17, 15) is 4.79 Å². The molecule has 1 heterocycles. The number of nitrogens with two attached hydrogens (primary N) is 1. The molecule has 0 spiro atoms. The van der Waals surface area contributed by atoms with Crippen molar-refractivity contribution in [3.8, 4) is 17.2 Å². The van der Waals surface area contributed by atoms with Crippen molar-refractivity contribution in [3.63, 3.8) is 0 Å². The van der Waals surface area contributed by atoms with Gasteiger partial charge in [0.05, 0.1) is 18.0 Å². The van der Waals surface area contributed by atoms with Gasteiger partial charge in [-0.15, -0.1) is 0 Å². The van der Waals surface area contributed by atoms with E-state index in [1.807, 2.05) is 37.3 Å². The quantitative estimate of drug-likeness (QED) is 0.796. The monoisotopic (exact) mass is 328 g/mol. The molecule has 6 nitrogen and oxygen atoms in total. The number of carbonyl (C=O) groups excluding carboxylic acids is 1. The zero-order valence-electron chi connectivity index (χ0n) is 13.5. The van der Waals surface area contributed by atoms with Crippen molar-refractivity contribution >= 4 is 17.3 Å². The molecule has 0 radical (unpaired) electrons. The predicted molar refractivity (Wildman–Crippen MR) is 91.3 cm³/mol. The van der Waals surface area contributed by atoms with Gasteiger partial charge in [0.1, 0.15) is 5.75 Å². The van der Waals surface area contributed by atoms with E-state index in [-0.39, 0.29) is 18.6 Å². The lowest BCUT2D eigenvalue weighted by Crippen LogP contribution is -2.22. The Morgan fingerprint density at radius 2 is 1.96 bits per heavy atom. The van der Waals surface area contributed by atoms with E-state index >= 15 is 0 Å². The minimum absolute atomic E-state index is 0.114. The third-order valence-corrected chi connectivity index (χ3v) is 3.81. The first kappa shape index (κ1) is 16.0. The van der Waals surface area contributed by atoms with Gasteiger partial charge in [-0.1, -0.05) is 25.1 Å². The molecule has 0 bridgehead atoms. The maximum absolute atomic E-state index is 12.3. The number of hydrogen-bond acceptors (Lipinski definition) is 5. The van der Waals surface area contributed by atoms with Crippen molar-refractivity contribution in [3.05, 3.63) is 42.5 Å². The zero-order valence-corrected chi connectivity index (χ0v) is 13.5. The minimum Gasteiger partial charge on any atom is -0.494 e. The number of carbonyl (C=O) groups is 1. The molecule has 1 aliphatic heterocycles. The lowest BCUT2D eigenvalue weighted by molar-refractivity contribution is -0.119. The number of rotatable bonds is 6. The molecule has 2 aromatic carbocycles. The molecule has 3 rings (SSSR count). The van der Waals surface area contributed by atoms with E-state index in [2.05, 4.69) is 5.32 Å². The van der Waals surface area contributed by atoms with E-state index in [0.717, 1.165) is 5.75 Å². The Balaban J connectivity index is 1.53. The highest BCUT2D eigenvalue weighted by Gasteiger charge is 2.19. The first-order chi connectivity index (χ1) is 11.6. The zero-order chi connectivity index (χ0) is 16.9. The number of nitrogens with one attached hydrogen (secondary N) is 1. The van der Waals surface area contributed by atoms with Crippen molar-refractivity contribution in [2.24, 2.45) is 5.92 Å². The van der Waals surface area contributed by atoms with Gasteiger partial charge in [0.2, 0.25) is 12.7 Å². The molecule has 1 amide bonds. The van der Waals surface area contributed by atoms with E-state index in [1.165, 1.54) is 0 Å². The Hall–Kier alpha value is -2.89. The van der Waals surface area contributed by atoms with E-state index in [4.69, 9.17) is 19.9 Å². The molecule has 126 valence electrons. The van der Waals surface area contributed by atoms with Gasteiger partial charge in [-0.25, -0.2) is 0 Å². The third kappa shape index (κ3) is 3.71. The van der Waals surface area contributed by atoms with Crippen molar-refractivity contribution in [2.45, 2.75) is 13.3 Å². The summed E-state index contributed by atoms with van der Waals surface area (Å²) in [5, 5.41) is 2.83. The van der Waals surface area contributed by atoms with Crippen LogP contribution < -0.4 is 25.3 Å². The summed E-state index contributed by atoms with van der Waals surface area (Å²) in [4.78, 5) is 12.3. The second kappa shape index (κ2) is 7.12. The fraction of sp³-hybridized carbons (Fsp3) is 0.278. The summed E-state index contributed by atoms with van der Waals surface area (Å²) < 4.78 is 16.2. The second-order valence-electron chi connectivity index (χ2n) is 5.63. The number of amides is 1. The average molecular weight is 328 g/mol. The van der Waals surface area contributed by atoms with Gasteiger partial charge in [-0.2, -0.15) is 0 Å². The molecule has 3 N–H and O–H groups in total. The average Bonchev–Trinajstić information content (AvgIpc) is 3.03. The Morgan fingerprint density at radius 3 is 2.71 bits per heavy atom. The molecule has 1 unspecified atom stereocenters. The molecule has 0 saturated heterocycles. The standard InChI is InChI=1S/C18H20N2O4/c1-12(7-8-22-13-5-3-2-4-6-13)18(21)20-15-10-17-16(9-14(15)19)23-11-24-17/h2-6,9-10,12H,7-8,11,19H2,1H3,(H,20,21). The molecule has 0 saturated carbocycles. The molecule has 1 aliphatic rings. The summed E-state index contributed by atoms with van der Waals surface area (Å²) in [6.45, 7) is 2.49. The van der Waals surface area contributed by atoms with Crippen LogP contribution in [0.25, 0.3) is 0 Å². The summed E-state index contributed by atoms with van der Waals surface area (Å²) in [6.07, 6.45) is 0.602. The van der Waals surface area contributed by atoms with Crippen LogP contribution in [0.3, 0.4) is 0 Å². The molecule has 0 aromatic heterocycles. The predicted octanol–water partition coefficient (Wildman–Crippen LogP) is 3.04. The summed E-state index contributed by atoms with van der Waals surface area (Å²) in [6, 6.07) is 12.9. The smallest absolute Gasteiger partial charge is 0.231 e. The molecule has 2 aromatic rings. The molecular formula is C18H20N2O4. The number of para-hydroxylation sites is 1. The maximum Gasteiger partial charge on any atom is 0.231 e. The Labute approximate surface area is 140 Å². The van der Waals surface area contributed by atoms with Crippen molar-refractivity contribution in [1.29, 1.82) is 0 Å². The Morgan fingerprint density at radius 1 is 1.25 bits per heavy atom. The van der Waals surface area contributed by atoms with Crippen LogP contribution in [0.4, 0.5) is 11.4 Å². The highest BCUT2D eigenvalue weighted by Crippen LogP contribution is 2.38. The lowest BCUT2D eigenvalue weighted by atomic mass is 10.1. The van der Waals surface area contributed by atoms with Crippen molar-refractivity contribution < 1.29 is 19.0 Å². The van der Waals surface area contributed by atoms with Crippen LogP contribution in [0.5, 0.6) is 17.2 Å². The molecular weight excluding hydrogens is 308 g/mol. The Kier molecular flexibility index (Phi) is 4.74. The van der Waals surface area contributed by atoms with Gasteiger partial charge in [0.15, 0.2) is 11.5 Å². The van der Waals surface area contributed by atoms with E-state index in [0.29, 0.717) is 35.9 Å². The van der Waals surface area contributed by atoms with E-state index in [1.54, 1.807) is 12.1 Å². The highest BCUT2D eigenvalue weighted by atomic mass is 16.7. The van der Waals surface area contributed by atoms with E-state index < -0.39 is 0 Å². The SMILES string of the molecule is CC(CCOc1ccccc1)C(=O)Nc1cc2c(cc1N)OCO2. The molecule has 0 fully saturated rings. The lowest BCUT2D eigenvalue weighted by Gasteiger charge is -2.14. The van der Waals surface area contributed by atoms with Crippen molar-refractivity contribution in [1.82, 2.24) is 0 Å². The fourth-order valence-corrected chi connectivity index (χ4v) is 2.32. The first-order valence-corrected chi connectivity index (χ1v) is 7.81. The summed E-state index contributed by atoms with van der Waals surface area (Å²) in [5.74, 6) is 1.65. The summed E-state index contributed by atoms with van der Waals surface area (Å²) in [7, 11) is 0. The fourth-order valence-electron chi connectivity index (χ4n) is 2.32. The number of nitrogen functional groups attached to an aromatic ring is 1. The normalized spacial score (nSPS) is 13.4. The van der Waals surface area contributed by atoms with Crippen LogP contribution in [0.15, 0.2) is 42.5 Å². The van der Waals surface area contributed by atoms with Crippen LogP contribution in [0, 0.1) is 5.92 Å². The van der Waals surface area contributed by atoms with Crippen LogP contribution >= 0.6 is 0 Å². The summed E-state index contributed by atoms with van der Waals surface area (Å²) in [5.41, 5.74) is 6.92. The van der Waals surface area contributed by atoms with Gasteiger partial charge < -0.3 is 25.3 Å². The minimum atomic E-state index is -0.210. The molecule has 24 heavy (non-hydrogen) atoms. The number of fused-ring (bicyclic) bond motifs is 1. The van der Waals surface area contributed by atoms with Crippen LogP contribution in [-0.2, 0) is 4.79 Å². The number of benzene rings is 2. The largest absolute Gasteiger partial charge is 0.494 e. The second-order valence-corrected chi connectivity index (χ2v) is 5.63. The number of ether oxygens (including phenoxy) is 3. The van der Waals surface area contributed by atoms with Crippen LogP contribution in [-0.4, -0.2) is 19.3 Å². The Bertz CT molecular complexity index is 718. The summed E-state index contributed by atoms with van der Waals surface area (Å²) >= 11 is 0. The highest BCUT2D eigenvalue weighted by molar-refractivity contribution is 5.95. The van der Waals surface area contributed by atoms with Gasteiger partial charge in [0.25, 0.3) is 0 Å². The van der Waals surface area contributed by atoms with Gasteiger partial charge in [0, 0.05) is 18.1 Å². The molecule has 6 heteroatoms. The molecule has 1 atom stereocenters. The van der Waals surface area contributed by atoms with Crippen LogP contribution in [0.2, 0.25) is 0 Å². The van der Waals surface area contributed by atoms with Gasteiger partial charge in [-0.3, -0.25) is 4.79 Å². The van der Waals surface area contributed by atoms with Crippen LogP contribution in [0.1, 0.15) is 13.3 Å². The number of anilines is 2. The van der Waals surface area contributed by atoms with Crippen molar-refractivity contribution in [2.75, 3.05) is 24.5 Å². The maximum atomic E-state index is 12.3. The topological polar surface area (TPSA) is 82.8 Å². The van der Waals surface area contributed by atoms with Gasteiger partial charge >= 0.3 is 0 Å². The first-order valence-electron chi connectivity index (χ1n) is 7.81. The molecule has 0 aliphatic carbocycles.